The first-order chi connectivity index (χ1) is 8.95. The van der Waals surface area contributed by atoms with Gasteiger partial charge in [0.1, 0.15) is 0 Å². The van der Waals surface area contributed by atoms with Crippen molar-refractivity contribution in [3.05, 3.63) is 22.7 Å². The van der Waals surface area contributed by atoms with Gasteiger partial charge in [-0.1, -0.05) is 27.7 Å². The molecule has 0 bridgehead atoms. The van der Waals surface area contributed by atoms with Gasteiger partial charge < -0.3 is 15.0 Å². The minimum Gasteiger partial charge on any atom is -0.396 e. The zero-order valence-electron chi connectivity index (χ0n) is 12.3. The van der Waals surface area contributed by atoms with Crippen LogP contribution in [0.4, 0.5) is 5.82 Å². The smallest absolute Gasteiger partial charge is 0.293 e. The van der Waals surface area contributed by atoms with Gasteiger partial charge >= 0.3 is 0 Å². The summed E-state index contributed by atoms with van der Waals surface area (Å²) in [5.41, 5.74) is -0.0974. The fourth-order valence-corrected chi connectivity index (χ4v) is 1.97. The Morgan fingerprint density at radius 1 is 1.37 bits per heavy atom. The van der Waals surface area contributed by atoms with Gasteiger partial charge in [-0.05, 0) is 18.3 Å². The zero-order valence-corrected chi connectivity index (χ0v) is 12.3. The predicted molar refractivity (Wildman–Crippen MR) is 77.3 cm³/mol. The Bertz CT molecular complexity index is 441. The summed E-state index contributed by atoms with van der Waals surface area (Å²) in [6, 6.07) is 0.0556. The summed E-state index contributed by atoms with van der Waals surface area (Å²) in [7, 11) is 0. The molecule has 0 radical (unpaired) electrons. The Morgan fingerprint density at radius 2 is 2.05 bits per heavy atom. The van der Waals surface area contributed by atoms with Gasteiger partial charge in [-0.2, -0.15) is 0 Å². The number of aromatic nitrogens is 2. The van der Waals surface area contributed by atoms with Crippen LogP contribution < -0.4 is 10.9 Å². The van der Waals surface area contributed by atoms with Crippen LogP contribution in [0.2, 0.25) is 0 Å². The molecule has 1 heterocycles. The van der Waals surface area contributed by atoms with Gasteiger partial charge in [0.05, 0.1) is 0 Å². The van der Waals surface area contributed by atoms with Crippen LogP contribution in [0.1, 0.15) is 34.1 Å². The largest absolute Gasteiger partial charge is 0.396 e. The molecule has 0 fully saturated rings. The van der Waals surface area contributed by atoms with E-state index >= 15 is 0 Å². The number of nitrogens with one attached hydrogen (secondary N) is 1. The minimum absolute atomic E-state index is 0.0556. The molecule has 0 saturated heterocycles. The Hall–Kier alpha value is -1.36. The third-order valence-electron chi connectivity index (χ3n) is 3.04. The molecule has 5 heteroatoms. The summed E-state index contributed by atoms with van der Waals surface area (Å²) in [6.07, 6.45) is 3.96. The van der Waals surface area contributed by atoms with Crippen LogP contribution >= 0.6 is 0 Å². The van der Waals surface area contributed by atoms with E-state index in [-0.39, 0.29) is 18.2 Å². The molecule has 5 nitrogen and oxygen atoms in total. The highest BCUT2D eigenvalue weighted by atomic mass is 16.3. The molecule has 0 saturated carbocycles. The van der Waals surface area contributed by atoms with Gasteiger partial charge in [-0.3, -0.25) is 4.79 Å². The van der Waals surface area contributed by atoms with Gasteiger partial charge in [0.25, 0.3) is 5.56 Å². The summed E-state index contributed by atoms with van der Waals surface area (Å²) in [4.78, 5) is 16.4. The lowest BCUT2D eigenvalue weighted by Crippen LogP contribution is -2.33. The second kappa shape index (κ2) is 7.28. The molecule has 2 N–H and O–H groups in total. The maximum Gasteiger partial charge on any atom is 0.293 e. The standard InChI is InChI=1S/C14H25N3O2/c1-10(2)9-17-7-6-15-13(14(17)19)16-12(5-8-18)11(3)4/h6-7,10-12,18H,5,8-9H2,1-4H3,(H,15,16). The van der Waals surface area contributed by atoms with Crippen LogP contribution in [-0.2, 0) is 6.54 Å². The molecule has 0 spiro atoms. The summed E-state index contributed by atoms with van der Waals surface area (Å²) >= 11 is 0. The third kappa shape index (κ3) is 4.67. The minimum atomic E-state index is -0.0974. The van der Waals surface area contributed by atoms with Crippen LogP contribution in [0, 0.1) is 11.8 Å². The van der Waals surface area contributed by atoms with E-state index in [4.69, 9.17) is 5.11 Å². The molecule has 0 aromatic carbocycles. The first-order valence-corrected chi connectivity index (χ1v) is 6.88. The number of aliphatic hydroxyl groups excluding tert-OH is 1. The van der Waals surface area contributed by atoms with Gasteiger partial charge in [0.2, 0.25) is 0 Å². The van der Waals surface area contributed by atoms with E-state index in [2.05, 4.69) is 38.0 Å². The van der Waals surface area contributed by atoms with Crippen molar-refractivity contribution in [3.63, 3.8) is 0 Å². The molecule has 1 aromatic heterocycles. The molecule has 19 heavy (non-hydrogen) atoms. The van der Waals surface area contributed by atoms with Crippen molar-refractivity contribution >= 4 is 5.82 Å². The van der Waals surface area contributed by atoms with Gasteiger partial charge in [0.15, 0.2) is 5.82 Å². The molecule has 1 aromatic rings. The Balaban J connectivity index is 2.91. The number of aliphatic hydroxyl groups is 1. The lowest BCUT2D eigenvalue weighted by molar-refractivity contribution is 0.267. The topological polar surface area (TPSA) is 67.2 Å². The zero-order chi connectivity index (χ0) is 14.4. The second-order valence-corrected chi connectivity index (χ2v) is 5.63. The van der Waals surface area contributed by atoms with Gasteiger partial charge in [0, 0.05) is 31.6 Å². The Morgan fingerprint density at radius 3 is 2.58 bits per heavy atom. The highest BCUT2D eigenvalue weighted by molar-refractivity contribution is 5.32. The van der Waals surface area contributed by atoms with Crippen molar-refractivity contribution in [1.29, 1.82) is 0 Å². The van der Waals surface area contributed by atoms with E-state index < -0.39 is 0 Å². The summed E-state index contributed by atoms with van der Waals surface area (Å²) in [6.45, 7) is 9.04. The van der Waals surface area contributed by atoms with E-state index in [0.29, 0.717) is 30.6 Å². The summed E-state index contributed by atoms with van der Waals surface area (Å²) < 4.78 is 1.68. The van der Waals surface area contributed by atoms with Gasteiger partial charge in [-0.15, -0.1) is 0 Å². The molecular formula is C14H25N3O2. The monoisotopic (exact) mass is 267 g/mol. The van der Waals surface area contributed by atoms with Crippen molar-refractivity contribution in [1.82, 2.24) is 9.55 Å². The maximum atomic E-state index is 12.2. The van der Waals surface area contributed by atoms with Crippen LogP contribution in [0.5, 0.6) is 0 Å². The lowest BCUT2D eigenvalue weighted by Gasteiger charge is -2.22. The molecule has 1 atom stereocenters. The van der Waals surface area contributed by atoms with Crippen LogP contribution in [0.3, 0.4) is 0 Å². The first kappa shape index (κ1) is 15.7. The summed E-state index contributed by atoms with van der Waals surface area (Å²) in [5, 5.41) is 12.2. The normalized spacial score (nSPS) is 13.0. The lowest BCUT2D eigenvalue weighted by atomic mass is 10.0. The molecule has 0 aliphatic heterocycles. The van der Waals surface area contributed by atoms with E-state index in [1.807, 2.05) is 0 Å². The molecule has 1 unspecified atom stereocenters. The fourth-order valence-electron chi connectivity index (χ4n) is 1.97. The summed E-state index contributed by atoms with van der Waals surface area (Å²) in [5.74, 6) is 1.11. The average Bonchev–Trinajstić information content (AvgIpc) is 2.32. The van der Waals surface area contributed by atoms with Crippen molar-refractivity contribution in [2.24, 2.45) is 11.8 Å². The highest BCUT2D eigenvalue weighted by Crippen LogP contribution is 2.10. The average molecular weight is 267 g/mol. The second-order valence-electron chi connectivity index (χ2n) is 5.63. The van der Waals surface area contributed by atoms with Crippen molar-refractivity contribution < 1.29 is 5.11 Å². The number of anilines is 1. The molecule has 0 aliphatic rings. The quantitative estimate of drug-likeness (QED) is 0.789. The highest BCUT2D eigenvalue weighted by Gasteiger charge is 2.15. The van der Waals surface area contributed by atoms with Gasteiger partial charge in [-0.25, -0.2) is 4.98 Å². The van der Waals surface area contributed by atoms with Crippen molar-refractivity contribution in [3.8, 4) is 0 Å². The molecule has 108 valence electrons. The molecule has 1 rings (SSSR count). The first-order valence-electron chi connectivity index (χ1n) is 6.88. The van der Waals surface area contributed by atoms with E-state index in [1.54, 1.807) is 17.0 Å². The molecular weight excluding hydrogens is 242 g/mol. The Kier molecular flexibility index (Phi) is 6.02. The predicted octanol–water partition coefficient (Wildman–Crippen LogP) is 1.72. The van der Waals surface area contributed by atoms with E-state index in [1.165, 1.54) is 0 Å². The number of rotatable bonds is 7. The Labute approximate surface area is 114 Å². The van der Waals surface area contributed by atoms with Crippen molar-refractivity contribution in [2.75, 3.05) is 11.9 Å². The molecule has 0 aliphatic carbocycles. The third-order valence-corrected chi connectivity index (χ3v) is 3.04. The maximum absolute atomic E-state index is 12.2. The molecule has 0 amide bonds. The number of hydrogen-bond acceptors (Lipinski definition) is 4. The van der Waals surface area contributed by atoms with Crippen LogP contribution in [0.15, 0.2) is 17.2 Å². The fraction of sp³-hybridized carbons (Fsp3) is 0.714. The number of nitrogens with zero attached hydrogens (tertiary/aromatic N) is 2. The van der Waals surface area contributed by atoms with E-state index in [0.717, 1.165) is 0 Å². The van der Waals surface area contributed by atoms with Crippen molar-refractivity contribution in [2.45, 2.75) is 46.7 Å². The SMILES string of the molecule is CC(C)Cn1ccnc(NC(CCO)C(C)C)c1=O. The van der Waals surface area contributed by atoms with Crippen LogP contribution in [-0.4, -0.2) is 27.3 Å². The van der Waals surface area contributed by atoms with E-state index in [9.17, 15) is 4.79 Å². The number of hydrogen-bond donors (Lipinski definition) is 2. The van der Waals surface area contributed by atoms with Crippen LogP contribution in [0.25, 0.3) is 0 Å².